The predicted molar refractivity (Wildman–Crippen MR) is 63.9 cm³/mol. The standard InChI is InChI=1S/C13H12N2O2/c1-8-4-3-5-10(6-8)12-11(13(16)17)9(2)14-7-15-12/h3-7H,1-2H3,(H,16,17). The molecule has 0 radical (unpaired) electrons. The van der Waals surface area contributed by atoms with Gasteiger partial charge in [-0.3, -0.25) is 0 Å². The van der Waals surface area contributed by atoms with Crippen molar-refractivity contribution in [2.75, 3.05) is 0 Å². The Morgan fingerprint density at radius 1 is 1.24 bits per heavy atom. The van der Waals surface area contributed by atoms with Gasteiger partial charge in [0.2, 0.25) is 0 Å². The van der Waals surface area contributed by atoms with E-state index >= 15 is 0 Å². The van der Waals surface area contributed by atoms with E-state index in [0.29, 0.717) is 11.4 Å². The number of hydrogen-bond donors (Lipinski definition) is 1. The molecule has 0 saturated carbocycles. The summed E-state index contributed by atoms with van der Waals surface area (Å²) in [5.74, 6) is -1.00. The van der Waals surface area contributed by atoms with Crippen molar-refractivity contribution in [1.82, 2.24) is 9.97 Å². The van der Waals surface area contributed by atoms with E-state index < -0.39 is 5.97 Å². The van der Waals surface area contributed by atoms with Crippen LogP contribution in [0.2, 0.25) is 0 Å². The summed E-state index contributed by atoms with van der Waals surface area (Å²) in [5.41, 5.74) is 2.97. The highest BCUT2D eigenvalue weighted by molar-refractivity contribution is 5.95. The fourth-order valence-electron chi connectivity index (χ4n) is 1.74. The van der Waals surface area contributed by atoms with Crippen molar-refractivity contribution < 1.29 is 9.90 Å². The largest absolute Gasteiger partial charge is 0.478 e. The van der Waals surface area contributed by atoms with Crippen molar-refractivity contribution in [2.24, 2.45) is 0 Å². The lowest BCUT2D eigenvalue weighted by Gasteiger charge is -2.07. The summed E-state index contributed by atoms with van der Waals surface area (Å²) in [6.07, 6.45) is 1.39. The molecular formula is C13H12N2O2. The minimum atomic E-state index is -1.00. The van der Waals surface area contributed by atoms with Crippen molar-refractivity contribution in [3.05, 3.63) is 47.4 Å². The average molecular weight is 228 g/mol. The maximum atomic E-state index is 11.2. The zero-order valence-corrected chi connectivity index (χ0v) is 9.64. The highest BCUT2D eigenvalue weighted by atomic mass is 16.4. The molecule has 4 heteroatoms. The topological polar surface area (TPSA) is 63.1 Å². The highest BCUT2D eigenvalue weighted by Crippen LogP contribution is 2.23. The lowest BCUT2D eigenvalue weighted by Crippen LogP contribution is -2.06. The Morgan fingerprint density at radius 3 is 2.65 bits per heavy atom. The molecule has 0 aliphatic rings. The summed E-state index contributed by atoms with van der Waals surface area (Å²) in [7, 11) is 0. The number of carboxylic acid groups (broad SMARTS) is 1. The van der Waals surface area contributed by atoms with E-state index in [9.17, 15) is 9.90 Å². The number of nitrogens with zero attached hydrogens (tertiary/aromatic N) is 2. The summed E-state index contributed by atoms with van der Waals surface area (Å²) in [6.45, 7) is 3.63. The molecule has 4 nitrogen and oxygen atoms in total. The molecule has 1 aromatic carbocycles. The fourth-order valence-corrected chi connectivity index (χ4v) is 1.74. The van der Waals surface area contributed by atoms with Gasteiger partial charge in [-0.05, 0) is 19.9 Å². The normalized spacial score (nSPS) is 10.2. The number of carboxylic acids is 1. The van der Waals surface area contributed by atoms with Gasteiger partial charge in [-0.25, -0.2) is 14.8 Å². The second-order valence-corrected chi connectivity index (χ2v) is 3.86. The summed E-state index contributed by atoms with van der Waals surface area (Å²) in [4.78, 5) is 19.2. The monoisotopic (exact) mass is 228 g/mol. The van der Waals surface area contributed by atoms with E-state index in [1.54, 1.807) is 6.92 Å². The Bertz CT molecular complexity index is 579. The number of benzene rings is 1. The third-order valence-corrected chi connectivity index (χ3v) is 2.54. The molecule has 0 saturated heterocycles. The number of hydrogen-bond acceptors (Lipinski definition) is 3. The summed E-state index contributed by atoms with van der Waals surface area (Å²) < 4.78 is 0. The minimum absolute atomic E-state index is 0.165. The summed E-state index contributed by atoms with van der Waals surface area (Å²) in [6, 6.07) is 7.60. The van der Waals surface area contributed by atoms with Crippen LogP contribution in [0.1, 0.15) is 21.6 Å². The molecule has 1 heterocycles. The van der Waals surface area contributed by atoms with Crippen LogP contribution < -0.4 is 0 Å². The second-order valence-electron chi connectivity index (χ2n) is 3.86. The maximum Gasteiger partial charge on any atom is 0.339 e. The zero-order valence-electron chi connectivity index (χ0n) is 9.64. The molecular weight excluding hydrogens is 216 g/mol. The van der Waals surface area contributed by atoms with E-state index in [4.69, 9.17) is 0 Å². The molecule has 0 unspecified atom stereocenters. The Morgan fingerprint density at radius 2 is 2.00 bits per heavy atom. The van der Waals surface area contributed by atoms with Crippen LogP contribution >= 0.6 is 0 Å². The first-order valence-electron chi connectivity index (χ1n) is 5.21. The molecule has 0 bridgehead atoms. The van der Waals surface area contributed by atoms with Crippen molar-refractivity contribution in [3.8, 4) is 11.3 Å². The third kappa shape index (κ3) is 2.15. The average Bonchev–Trinajstić information content (AvgIpc) is 2.28. The number of aromatic carboxylic acids is 1. The molecule has 0 fully saturated rings. The van der Waals surface area contributed by atoms with E-state index in [-0.39, 0.29) is 5.56 Å². The molecule has 0 aliphatic carbocycles. The van der Waals surface area contributed by atoms with Gasteiger partial charge in [0.1, 0.15) is 11.9 Å². The minimum Gasteiger partial charge on any atom is -0.478 e. The van der Waals surface area contributed by atoms with Crippen LogP contribution in [-0.4, -0.2) is 21.0 Å². The molecule has 2 rings (SSSR count). The molecule has 0 spiro atoms. The van der Waals surface area contributed by atoms with Gasteiger partial charge < -0.3 is 5.11 Å². The SMILES string of the molecule is Cc1cccc(-c2ncnc(C)c2C(=O)O)c1. The van der Waals surface area contributed by atoms with Gasteiger partial charge in [0.05, 0.1) is 11.4 Å². The second kappa shape index (κ2) is 4.33. The van der Waals surface area contributed by atoms with Gasteiger partial charge in [0.15, 0.2) is 0 Å². The first kappa shape index (κ1) is 11.3. The van der Waals surface area contributed by atoms with Crippen molar-refractivity contribution in [3.63, 3.8) is 0 Å². The van der Waals surface area contributed by atoms with Gasteiger partial charge in [0, 0.05) is 5.56 Å². The van der Waals surface area contributed by atoms with Crippen LogP contribution in [0.25, 0.3) is 11.3 Å². The first-order valence-corrected chi connectivity index (χ1v) is 5.21. The van der Waals surface area contributed by atoms with Gasteiger partial charge in [-0.2, -0.15) is 0 Å². The van der Waals surface area contributed by atoms with Gasteiger partial charge in [-0.1, -0.05) is 23.8 Å². The van der Waals surface area contributed by atoms with Crippen LogP contribution in [0.5, 0.6) is 0 Å². The summed E-state index contributed by atoms with van der Waals surface area (Å²) in [5, 5.41) is 9.20. The molecule has 2 aromatic rings. The number of aromatic nitrogens is 2. The Hall–Kier alpha value is -2.23. The number of rotatable bonds is 2. The number of aryl methyl sites for hydroxylation is 2. The molecule has 0 amide bonds. The zero-order chi connectivity index (χ0) is 12.4. The van der Waals surface area contributed by atoms with Crippen LogP contribution in [0, 0.1) is 13.8 Å². The van der Waals surface area contributed by atoms with Crippen molar-refractivity contribution in [2.45, 2.75) is 13.8 Å². The smallest absolute Gasteiger partial charge is 0.339 e. The van der Waals surface area contributed by atoms with Crippen molar-refractivity contribution in [1.29, 1.82) is 0 Å². The lowest BCUT2D eigenvalue weighted by atomic mass is 10.0. The van der Waals surface area contributed by atoms with Crippen molar-refractivity contribution >= 4 is 5.97 Å². The van der Waals surface area contributed by atoms with E-state index in [1.807, 2.05) is 31.2 Å². The molecule has 86 valence electrons. The van der Waals surface area contributed by atoms with Gasteiger partial charge in [-0.15, -0.1) is 0 Å². The van der Waals surface area contributed by atoms with Gasteiger partial charge in [0.25, 0.3) is 0 Å². The Labute approximate surface area is 99.0 Å². The maximum absolute atomic E-state index is 11.2. The molecule has 0 aliphatic heterocycles. The Kier molecular flexibility index (Phi) is 2.87. The van der Waals surface area contributed by atoms with Gasteiger partial charge >= 0.3 is 5.97 Å². The highest BCUT2D eigenvalue weighted by Gasteiger charge is 2.16. The fraction of sp³-hybridized carbons (Fsp3) is 0.154. The van der Waals surface area contributed by atoms with E-state index in [1.165, 1.54) is 6.33 Å². The van der Waals surface area contributed by atoms with Crippen LogP contribution in [-0.2, 0) is 0 Å². The Balaban J connectivity index is 2.67. The van der Waals surface area contributed by atoms with Crippen LogP contribution in [0.3, 0.4) is 0 Å². The van der Waals surface area contributed by atoms with E-state index in [0.717, 1.165) is 11.1 Å². The molecule has 17 heavy (non-hydrogen) atoms. The summed E-state index contributed by atoms with van der Waals surface area (Å²) >= 11 is 0. The predicted octanol–water partition coefficient (Wildman–Crippen LogP) is 2.46. The first-order chi connectivity index (χ1) is 8.09. The molecule has 1 aromatic heterocycles. The molecule has 1 N–H and O–H groups in total. The van der Waals surface area contributed by atoms with Crippen LogP contribution in [0.15, 0.2) is 30.6 Å². The van der Waals surface area contributed by atoms with Crippen LogP contribution in [0.4, 0.5) is 0 Å². The van der Waals surface area contributed by atoms with E-state index in [2.05, 4.69) is 9.97 Å². The quantitative estimate of drug-likeness (QED) is 0.857. The third-order valence-electron chi connectivity index (χ3n) is 2.54. The molecule has 0 atom stereocenters. The number of carbonyl (C=O) groups is 1. The lowest BCUT2D eigenvalue weighted by molar-refractivity contribution is 0.0696.